The molecule has 0 spiro atoms. The first kappa shape index (κ1) is 18.2. The Hall–Kier alpha value is -2.18. The van der Waals surface area contributed by atoms with Crippen LogP contribution in [0.5, 0.6) is 0 Å². The molecule has 2 heterocycles. The summed E-state index contributed by atoms with van der Waals surface area (Å²) in [5.74, 6) is 0.142. The first-order valence-corrected chi connectivity index (χ1v) is 10.1. The van der Waals surface area contributed by atoms with Gasteiger partial charge in [0.05, 0.1) is 11.7 Å². The first-order chi connectivity index (χ1) is 13.0. The largest absolute Gasteiger partial charge is 0.459 e. The van der Waals surface area contributed by atoms with Crippen LogP contribution in [-0.4, -0.2) is 15.5 Å². The monoisotopic (exact) mass is 402 g/mol. The average molecular weight is 403 g/mol. The second-order valence-electron chi connectivity index (χ2n) is 6.96. The smallest absolute Gasteiger partial charge is 0.326 e. The van der Waals surface area contributed by atoms with Crippen LogP contribution in [-0.2, 0) is 35.5 Å². The third-order valence-electron chi connectivity index (χ3n) is 4.93. The standard InChI is InChI=1S/C20H19ClN2O3S/c1-12-6-7-14-16(8-12)27-19-18(14)20(25)23(11-22-19)9-17(24)26-10-13-4-2-3-5-15(13)21/h2-5,11-12H,6-10H2,1H3/t12-/m1/s1. The molecule has 0 unspecified atom stereocenters. The molecule has 5 nitrogen and oxygen atoms in total. The van der Waals surface area contributed by atoms with Crippen molar-refractivity contribution < 1.29 is 9.53 Å². The van der Waals surface area contributed by atoms with E-state index in [0.717, 1.165) is 35.2 Å². The van der Waals surface area contributed by atoms with Gasteiger partial charge in [0.1, 0.15) is 18.0 Å². The zero-order valence-corrected chi connectivity index (χ0v) is 16.5. The van der Waals surface area contributed by atoms with Crippen LogP contribution in [0.1, 0.15) is 29.3 Å². The van der Waals surface area contributed by atoms with Crippen molar-refractivity contribution in [2.75, 3.05) is 0 Å². The van der Waals surface area contributed by atoms with Gasteiger partial charge in [-0.1, -0.05) is 36.7 Å². The zero-order chi connectivity index (χ0) is 19.0. The number of hydrogen-bond donors (Lipinski definition) is 0. The van der Waals surface area contributed by atoms with Crippen molar-refractivity contribution in [3.05, 3.63) is 62.0 Å². The highest BCUT2D eigenvalue weighted by Gasteiger charge is 2.23. The summed E-state index contributed by atoms with van der Waals surface area (Å²) >= 11 is 7.67. The maximum Gasteiger partial charge on any atom is 0.326 e. The molecule has 0 bridgehead atoms. The predicted octanol–water partition coefficient (Wildman–Crippen LogP) is 3.98. The lowest BCUT2D eigenvalue weighted by Gasteiger charge is -2.17. The van der Waals surface area contributed by atoms with Crippen LogP contribution < -0.4 is 5.56 Å². The molecule has 7 heteroatoms. The molecule has 0 aliphatic heterocycles. The summed E-state index contributed by atoms with van der Waals surface area (Å²) in [7, 11) is 0. The van der Waals surface area contributed by atoms with Gasteiger partial charge in [0.15, 0.2) is 0 Å². The van der Waals surface area contributed by atoms with Crippen molar-refractivity contribution in [3.63, 3.8) is 0 Å². The number of halogens is 1. The van der Waals surface area contributed by atoms with Crippen LogP contribution in [0.15, 0.2) is 35.4 Å². The molecule has 1 atom stereocenters. The van der Waals surface area contributed by atoms with Crippen LogP contribution in [0.4, 0.5) is 0 Å². The summed E-state index contributed by atoms with van der Waals surface area (Å²) < 4.78 is 6.62. The topological polar surface area (TPSA) is 61.2 Å². The number of nitrogens with zero attached hydrogens (tertiary/aromatic N) is 2. The van der Waals surface area contributed by atoms with Crippen LogP contribution in [0.25, 0.3) is 10.2 Å². The molecule has 140 valence electrons. The lowest BCUT2D eigenvalue weighted by Crippen LogP contribution is -2.26. The van der Waals surface area contributed by atoms with Gasteiger partial charge >= 0.3 is 5.97 Å². The molecular weight excluding hydrogens is 384 g/mol. The third-order valence-corrected chi connectivity index (χ3v) is 6.46. The quantitative estimate of drug-likeness (QED) is 0.619. The van der Waals surface area contributed by atoms with Crippen LogP contribution in [0.2, 0.25) is 5.02 Å². The van der Waals surface area contributed by atoms with Gasteiger partial charge in [-0.25, -0.2) is 4.98 Å². The Morgan fingerprint density at radius 1 is 1.41 bits per heavy atom. The average Bonchev–Trinajstić information content (AvgIpc) is 3.01. The summed E-state index contributed by atoms with van der Waals surface area (Å²) in [6.07, 6.45) is 4.41. The molecule has 1 aliphatic carbocycles. The molecule has 0 saturated heterocycles. The van der Waals surface area contributed by atoms with E-state index in [2.05, 4.69) is 11.9 Å². The summed E-state index contributed by atoms with van der Waals surface area (Å²) in [4.78, 5) is 31.5. The van der Waals surface area contributed by atoms with Crippen LogP contribution >= 0.6 is 22.9 Å². The van der Waals surface area contributed by atoms with Crippen molar-refractivity contribution in [2.24, 2.45) is 5.92 Å². The van der Waals surface area contributed by atoms with E-state index in [-0.39, 0.29) is 18.7 Å². The number of aromatic nitrogens is 2. The van der Waals surface area contributed by atoms with E-state index in [4.69, 9.17) is 16.3 Å². The fraction of sp³-hybridized carbons (Fsp3) is 0.350. The number of carbonyl (C=O) groups excluding carboxylic acids is 1. The maximum absolute atomic E-state index is 12.9. The molecular formula is C20H19ClN2O3S. The van der Waals surface area contributed by atoms with Gasteiger partial charge < -0.3 is 4.74 Å². The van der Waals surface area contributed by atoms with Gasteiger partial charge in [0.25, 0.3) is 5.56 Å². The van der Waals surface area contributed by atoms with E-state index in [1.807, 2.05) is 12.1 Å². The van der Waals surface area contributed by atoms with Gasteiger partial charge in [-0.15, -0.1) is 11.3 Å². The number of aryl methyl sites for hydroxylation is 1. The Balaban J connectivity index is 1.54. The predicted molar refractivity (Wildman–Crippen MR) is 106 cm³/mol. The Kier molecular flexibility index (Phi) is 5.02. The minimum atomic E-state index is -0.490. The lowest BCUT2D eigenvalue weighted by molar-refractivity contribution is -0.145. The highest BCUT2D eigenvalue weighted by molar-refractivity contribution is 7.18. The minimum Gasteiger partial charge on any atom is -0.459 e. The first-order valence-electron chi connectivity index (χ1n) is 8.91. The highest BCUT2D eigenvalue weighted by atomic mass is 35.5. The molecule has 0 fully saturated rings. The molecule has 0 radical (unpaired) electrons. The summed E-state index contributed by atoms with van der Waals surface area (Å²) in [5.41, 5.74) is 1.68. The highest BCUT2D eigenvalue weighted by Crippen LogP contribution is 2.35. The van der Waals surface area contributed by atoms with Crippen molar-refractivity contribution in [1.82, 2.24) is 9.55 Å². The van der Waals surface area contributed by atoms with E-state index in [1.54, 1.807) is 23.5 Å². The van der Waals surface area contributed by atoms with E-state index in [9.17, 15) is 9.59 Å². The van der Waals surface area contributed by atoms with E-state index in [1.165, 1.54) is 15.8 Å². The number of rotatable bonds is 4. The molecule has 27 heavy (non-hydrogen) atoms. The molecule has 0 amide bonds. The van der Waals surface area contributed by atoms with E-state index < -0.39 is 5.97 Å². The van der Waals surface area contributed by atoms with Crippen LogP contribution in [0.3, 0.4) is 0 Å². The number of thiophene rings is 1. The van der Waals surface area contributed by atoms with E-state index >= 15 is 0 Å². The number of esters is 1. The minimum absolute atomic E-state index is 0.0780. The number of fused-ring (bicyclic) bond motifs is 3. The molecule has 1 aromatic carbocycles. The zero-order valence-electron chi connectivity index (χ0n) is 14.9. The van der Waals surface area contributed by atoms with Crippen molar-refractivity contribution in [2.45, 2.75) is 39.3 Å². The number of ether oxygens (including phenoxy) is 1. The van der Waals surface area contributed by atoms with Gasteiger partial charge in [-0.05, 0) is 36.8 Å². The molecule has 4 rings (SSSR count). The maximum atomic E-state index is 12.9. The molecule has 3 aromatic rings. The molecule has 1 aliphatic rings. The van der Waals surface area contributed by atoms with Crippen molar-refractivity contribution in [1.29, 1.82) is 0 Å². The number of hydrogen-bond acceptors (Lipinski definition) is 5. The summed E-state index contributed by atoms with van der Waals surface area (Å²) in [6.45, 7) is 2.15. The van der Waals surface area contributed by atoms with Crippen molar-refractivity contribution >= 4 is 39.1 Å². The Morgan fingerprint density at radius 2 is 2.22 bits per heavy atom. The second-order valence-corrected chi connectivity index (χ2v) is 8.45. The second kappa shape index (κ2) is 7.44. The van der Waals surface area contributed by atoms with Gasteiger partial charge in [-0.3, -0.25) is 14.2 Å². The Morgan fingerprint density at radius 3 is 3.04 bits per heavy atom. The Bertz CT molecular complexity index is 1070. The Labute approximate surface area is 165 Å². The fourth-order valence-corrected chi connectivity index (χ4v) is 4.97. The lowest BCUT2D eigenvalue weighted by atomic mass is 9.89. The molecule has 2 aromatic heterocycles. The normalized spacial score (nSPS) is 16.3. The number of benzene rings is 1. The van der Waals surface area contributed by atoms with Gasteiger partial charge in [-0.2, -0.15) is 0 Å². The van der Waals surface area contributed by atoms with Crippen LogP contribution in [0, 0.1) is 5.92 Å². The molecule has 0 N–H and O–H groups in total. The molecule has 0 saturated carbocycles. The SMILES string of the molecule is C[C@@H]1CCc2c(sc3ncn(CC(=O)OCc4ccccc4Cl)c(=O)c23)C1. The van der Waals surface area contributed by atoms with E-state index in [0.29, 0.717) is 16.3 Å². The fourth-order valence-electron chi connectivity index (χ4n) is 3.44. The number of carbonyl (C=O) groups is 1. The summed E-state index contributed by atoms with van der Waals surface area (Å²) in [6, 6.07) is 7.19. The van der Waals surface area contributed by atoms with Gasteiger partial charge in [0, 0.05) is 15.5 Å². The summed E-state index contributed by atoms with van der Waals surface area (Å²) in [5, 5.41) is 1.22. The third kappa shape index (κ3) is 3.64. The van der Waals surface area contributed by atoms with Crippen molar-refractivity contribution in [3.8, 4) is 0 Å². The van der Waals surface area contributed by atoms with Gasteiger partial charge in [0.2, 0.25) is 0 Å².